The van der Waals surface area contributed by atoms with Crippen molar-refractivity contribution >= 4 is 5.91 Å². The van der Waals surface area contributed by atoms with Crippen molar-refractivity contribution < 1.29 is 9.90 Å². The zero-order valence-electron chi connectivity index (χ0n) is 12.4. The lowest BCUT2D eigenvalue weighted by atomic mass is 9.94. The second-order valence-corrected chi connectivity index (χ2v) is 6.41. The quantitative estimate of drug-likeness (QED) is 0.825. The van der Waals surface area contributed by atoms with Gasteiger partial charge in [0.05, 0.1) is 5.60 Å². The summed E-state index contributed by atoms with van der Waals surface area (Å²) in [6, 6.07) is 0.270. The molecule has 0 unspecified atom stereocenters. The van der Waals surface area contributed by atoms with Crippen LogP contribution in [0, 0.1) is 5.92 Å². The Morgan fingerprint density at radius 1 is 1.39 bits per heavy atom. The lowest BCUT2D eigenvalue weighted by Crippen LogP contribution is -2.46. The smallest absolute Gasteiger partial charge is 0.225 e. The maximum absolute atomic E-state index is 12.2. The highest BCUT2D eigenvalue weighted by Gasteiger charge is 2.29. The van der Waals surface area contributed by atoms with Crippen molar-refractivity contribution in [1.29, 1.82) is 0 Å². The zero-order valence-corrected chi connectivity index (χ0v) is 12.4. The van der Waals surface area contributed by atoms with Crippen molar-refractivity contribution in [1.82, 2.24) is 9.80 Å². The third kappa shape index (κ3) is 4.58. The summed E-state index contributed by atoms with van der Waals surface area (Å²) in [5.41, 5.74) is -0.647. The second-order valence-electron chi connectivity index (χ2n) is 6.41. The van der Waals surface area contributed by atoms with Crippen LogP contribution >= 0.6 is 0 Å². The summed E-state index contributed by atoms with van der Waals surface area (Å²) < 4.78 is 0. The van der Waals surface area contributed by atoms with Crippen LogP contribution in [0.4, 0.5) is 0 Å². The van der Waals surface area contributed by atoms with Gasteiger partial charge < -0.3 is 14.9 Å². The number of amides is 1. The molecule has 0 radical (unpaired) electrons. The summed E-state index contributed by atoms with van der Waals surface area (Å²) in [5, 5.41) is 9.79. The van der Waals surface area contributed by atoms with E-state index in [-0.39, 0.29) is 17.9 Å². The predicted molar refractivity (Wildman–Crippen MR) is 73.4 cm³/mol. The average molecular weight is 256 g/mol. The van der Waals surface area contributed by atoms with E-state index in [1.807, 2.05) is 39.6 Å². The summed E-state index contributed by atoms with van der Waals surface area (Å²) in [7, 11) is 1.89. The first kappa shape index (κ1) is 15.4. The standard InChI is InChI=1S/C14H28N2O2/c1-11(2)15(5)13(17)12-6-8-16(9-7-12)10-14(3,4)18/h11-12,18H,6-10H2,1-5H3. The van der Waals surface area contributed by atoms with Crippen molar-refractivity contribution in [2.24, 2.45) is 5.92 Å². The highest BCUT2D eigenvalue weighted by atomic mass is 16.3. The summed E-state index contributed by atoms with van der Waals surface area (Å²) in [5.74, 6) is 0.434. The lowest BCUT2D eigenvalue weighted by Gasteiger charge is -2.36. The molecular formula is C14H28N2O2. The van der Waals surface area contributed by atoms with E-state index in [9.17, 15) is 9.90 Å². The number of likely N-dealkylation sites (tertiary alicyclic amines) is 1. The number of hydrogen-bond acceptors (Lipinski definition) is 3. The number of piperidine rings is 1. The Balaban J connectivity index is 2.42. The largest absolute Gasteiger partial charge is 0.389 e. The highest BCUT2D eigenvalue weighted by molar-refractivity contribution is 5.78. The second kappa shape index (κ2) is 6.02. The third-order valence-electron chi connectivity index (χ3n) is 3.67. The molecule has 1 aliphatic heterocycles. The third-order valence-corrected chi connectivity index (χ3v) is 3.67. The first-order valence-electron chi connectivity index (χ1n) is 6.92. The van der Waals surface area contributed by atoms with Gasteiger partial charge in [-0.1, -0.05) is 0 Å². The van der Waals surface area contributed by atoms with E-state index in [0.29, 0.717) is 6.54 Å². The van der Waals surface area contributed by atoms with E-state index in [1.165, 1.54) is 0 Å². The minimum Gasteiger partial charge on any atom is -0.389 e. The molecule has 0 aliphatic carbocycles. The van der Waals surface area contributed by atoms with Crippen molar-refractivity contribution in [3.8, 4) is 0 Å². The molecule has 0 aromatic rings. The van der Waals surface area contributed by atoms with Crippen LogP contribution < -0.4 is 0 Å². The number of aliphatic hydroxyl groups is 1. The summed E-state index contributed by atoms with van der Waals surface area (Å²) in [4.78, 5) is 16.3. The Bertz CT molecular complexity index is 276. The predicted octanol–water partition coefficient (Wildman–Crippen LogP) is 1.34. The minimum atomic E-state index is -0.647. The van der Waals surface area contributed by atoms with E-state index in [2.05, 4.69) is 4.90 Å². The van der Waals surface area contributed by atoms with Crippen molar-refractivity contribution in [3.63, 3.8) is 0 Å². The number of rotatable bonds is 4. The van der Waals surface area contributed by atoms with Gasteiger partial charge in [0, 0.05) is 25.6 Å². The van der Waals surface area contributed by atoms with E-state index < -0.39 is 5.60 Å². The van der Waals surface area contributed by atoms with Gasteiger partial charge in [0.15, 0.2) is 0 Å². The van der Waals surface area contributed by atoms with Crippen molar-refractivity contribution in [2.45, 2.75) is 52.2 Å². The SMILES string of the molecule is CC(C)N(C)C(=O)C1CCN(CC(C)(C)O)CC1. The molecule has 18 heavy (non-hydrogen) atoms. The topological polar surface area (TPSA) is 43.8 Å². The van der Waals surface area contributed by atoms with Gasteiger partial charge in [-0.15, -0.1) is 0 Å². The highest BCUT2D eigenvalue weighted by Crippen LogP contribution is 2.21. The van der Waals surface area contributed by atoms with Crippen molar-refractivity contribution in [3.05, 3.63) is 0 Å². The monoisotopic (exact) mass is 256 g/mol. The fourth-order valence-electron chi connectivity index (χ4n) is 2.43. The van der Waals surface area contributed by atoms with E-state index in [4.69, 9.17) is 0 Å². The number of nitrogens with zero attached hydrogens (tertiary/aromatic N) is 2. The van der Waals surface area contributed by atoms with Crippen LogP contribution in [0.2, 0.25) is 0 Å². The molecule has 1 heterocycles. The van der Waals surface area contributed by atoms with E-state index >= 15 is 0 Å². The molecule has 0 atom stereocenters. The lowest BCUT2D eigenvalue weighted by molar-refractivity contribution is -0.137. The molecule has 1 saturated heterocycles. The first-order chi connectivity index (χ1) is 8.20. The van der Waals surface area contributed by atoms with Gasteiger partial charge in [-0.05, 0) is 53.6 Å². The van der Waals surface area contributed by atoms with Gasteiger partial charge in [-0.3, -0.25) is 4.79 Å². The number of carbonyl (C=O) groups is 1. The number of β-amino-alcohol motifs (C(OH)–C–C–N with tert-alkyl or cyclic N) is 1. The molecule has 0 aromatic carbocycles. The molecule has 0 saturated carbocycles. The fourth-order valence-corrected chi connectivity index (χ4v) is 2.43. The summed E-state index contributed by atoms with van der Waals surface area (Å²) in [6.07, 6.45) is 1.82. The Morgan fingerprint density at radius 3 is 2.28 bits per heavy atom. The first-order valence-corrected chi connectivity index (χ1v) is 6.92. The van der Waals surface area contributed by atoms with Gasteiger partial charge in [0.2, 0.25) is 5.91 Å². The maximum atomic E-state index is 12.2. The maximum Gasteiger partial charge on any atom is 0.225 e. The van der Waals surface area contributed by atoms with Crippen LogP contribution in [0.15, 0.2) is 0 Å². The fraction of sp³-hybridized carbons (Fsp3) is 0.929. The van der Waals surface area contributed by atoms with Crippen LogP contribution in [0.25, 0.3) is 0 Å². The van der Waals surface area contributed by atoms with Crippen molar-refractivity contribution in [2.75, 3.05) is 26.7 Å². The zero-order chi connectivity index (χ0) is 13.9. The summed E-state index contributed by atoms with van der Waals surface area (Å²) in [6.45, 7) is 10.3. The Morgan fingerprint density at radius 2 is 1.89 bits per heavy atom. The molecule has 106 valence electrons. The van der Waals surface area contributed by atoms with Crippen LogP contribution in [0.1, 0.15) is 40.5 Å². The molecule has 4 nitrogen and oxygen atoms in total. The molecule has 0 bridgehead atoms. The molecule has 1 amide bonds. The molecule has 0 spiro atoms. The normalized spacial score (nSPS) is 19.3. The molecule has 0 aromatic heterocycles. The van der Waals surface area contributed by atoms with Crippen LogP contribution in [-0.2, 0) is 4.79 Å². The number of hydrogen-bond donors (Lipinski definition) is 1. The van der Waals surface area contributed by atoms with Gasteiger partial charge in [0.1, 0.15) is 0 Å². The van der Waals surface area contributed by atoms with Gasteiger partial charge in [0.25, 0.3) is 0 Å². The number of carbonyl (C=O) groups excluding carboxylic acids is 1. The molecule has 1 rings (SSSR count). The molecule has 1 N–H and O–H groups in total. The van der Waals surface area contributed by atoms with Crippen LogP contribution in [0.5, 0.6) is 0 Å². The Labute approximate surface area is 111 Å². The molecule has 1 aliphatic rings. The van der Waals surface area contributed by atoms with Gasteiger partial charge in [-0.2, -0.15) is 0 Å². The van der Waals surface area contributed by atoms with Gasteiger partial charge in [-0.25, -0.2) is 0 Å². The molecule has 4 heteroatoms. The van der Waals surface area contributed by atoms with Crippen LogP contribution in [0.3, 0.4) is 0 Å². The average Bonchev–Trinajstić information content (AvgIpc) is 2.26. The Kier molecular flexibility index (Phi) is 5.17. The Hall–Kier alpha value is -0.610. The van der Waals surface area contributed by atoms with E-state index in [0.717, 1.165) is 25.9 Å². The summed E-state index contributed by atoms with van der Waals surface area (Å²) >= 11 is 0. The molecule has 1 fully saturated rings. The molecular weight excluding hydrogens is 228 g/mol. The minimum absolute atomic E-state index is 0.162. The van der Waals surface area contributed by atoms with Gasteiger partial charge >= 0.3 is 0 Å². The van der Waals surface area contributed by atoms with Crippen LogP contribution in [-0.4, -0.2) is 59.1 Å². The van der Waals surface area contributed by atoms with E-state index in [1.54, 1.807) is 0 Å².